The van der Waals surface area contributed by atoms with E-state index in [0.29, 0.717) is 40.8 Å². The van der Waals surface area contributed by atoms with Crippen LogP contribution < -0.4 is 9.47 Å². The number of hydrogen-bond acceptors (Lipinski definition) is 5. The summed E-state index contributed by atoms with van der Waals surface area (Å²) in [6.45, 7) is 4.00. The largest absolute Gasteiger partial charge is 0.497 e. The average molecular weight is 391 g/mol. The van der Waals surface area contributed by atoms with Gasteiger partial charge < -0.3 is 9.47 Å². The Bertz CT molecular complexity index is 811. The predicted molar refractivity (Wildman–Crippen MR) is 108 cm³/mol. The number of rotatable bonds is 7. The van der Waals surface area contributed by atoms with Crippen LogP contribution in [0.2, 0.25) is 0 Å². The first-order valence-electron chi connectivity index (χ1n) is 9.52. The molecule has 0 bridgehead atoms. The van der Waals surface area contributed by atoms with Gasteiger partial charge in [0, 0.05) is 42.7 Å². The number of piperidine rings is 1. The van der Waals surface area contributed by atoms with Gasteiger partial charge in [0.05, 0.1) is 14.2 Å². The van der Waals surface area contributed by atoms with Crippen molar-refractivity contribution in [2.75, 3.05) is 27.3 Å². The van der Waals surface area contributed by atoms with E-state index in [1.807, 2.05) is 10.5 Å². The summed E-state index contributed by atoms with van der Waals surface area (Å²) in [5, 5.41) is 0.779. The van der Waals surface area contributed by atoms with E-state index in [2.05, 4.69) is 11.9 Å². The lowest BCUT2D eigenvalue weighted by atomic mass is 9.81. The lowest BCUT2D eigenvalue weighted by molar-refractivity contribution is 0.0954. The number of benzene rings is 1. The van der Waals surface area contributed by atoms with E-state index >= 15 is 0 Å². The van der Waals surface area contributed by atoms with E-state index in [1.165, 1.54) is 0 Å². The molecule has 0 aliphatic carbocycles. The van der Waals surface area contributed by atoms with Crippen LogP contribution in [-0.4, -0.2) is 42.5 Å². The third kappa shape index (κ3) is 4.36. The van der Waals surface area contributed by atoms with Crippen molar-refractivity contribution in [2.45, 2.75) is 32.6 Å². The van der Waals surface area contributed by atoms with Crippen molar-refractivity contribution in [3.8, 4) is 11.5 Å². The highest BCUT2D eigenvalue weighted by Gasteiger charge is 2.28. The molecule has 1 aromatic heterocycles. The Balaban J connectivity index is 1.81. The van der Waals surface area contributed by atoms with Crippen molar-refractivity contribution >= 4 is 28.5 Å². The fraction of sp³-hybridized carbons (Fsp3) is 0.524. The van der Waals surface area contributed by atoms with Gasteiger partial charge in [0.25, 0.3) is 0 Å². The molecule has 27 heavy (non-hydrogen) atoms. The number of carbonyl (C=O) groups excluding carboxylic acids is 1. The molecular formula is C21H27ClN2O3. The summed E-state index contributed by atoms with van der Waals surface area (Å²) in [7, 11) is 3.20. The number of methoxy groups -OCH3 is 2. The minimum atomic E-state index is 0.140. The second-order valence-corrected chi connectivity index (χ2v) is 7.61. The summed E-state index contributed by atoms with van der Waals surface area (Å²) in [6.07, 6.45) is 5.24. The Labute approximate surface area is 165 Å². The molecule has 1 fully saturated rings. The maximum absolute atomic E-state index is 13.0. The fourth-order valence-corrected chi connectivity index (χ4v) is 4.32. The normalized spacial score (nSPS) is 20.6. The average Bonchev–Trinajstić information content (AvgIpc) is 2.70. The Morgan fingerprint density at radius 2 is 2.11 bits per heavy atom. The first kappa shape index (κ1) is 19.9. The van der Waals surface area contributed by atoms with Gasteiger partial charge in [-0.15, -0.1) is 0 Å². The van der Waals surface area contributed by atoms with Gasteiger partial charge >= 0.3 is 0 Å². The number of fused-ring (bicyclic) bond motifs is 1. The molecule has 2 atom stereocenters. The molecule has 0 amide bonds. The summed E-state index contributed by atoms with van der Waals surface area (Å²) >= 11 is 6.17. The van der Waals surface area contributed by atoms with Crippen molar-refractivity contribution in [1.29, 1.82) is 0 Å². The van der Waals surface area contributed by atoms with Crippen molar-refractivity contribution in [1.82, 2.24) is 9.40 Å². The van der Waals surface area contributed by atoms with Crippen LogP contribution in [0.5, 0.6) is 11.5 Å². The number of carbonyl (C=O) groups is 1. The number of Topliss-reactive ketones (excluding diaryl/α,β-unsaturated/α-hetero) is 1. The lowest BCUT2D eigenvalue weighted by Crippen LogP contribution is -2.35. The highest BCUT2D eigenvalue weighted by Crippen LogP contribution is 2.34. The van der Waals surface area contributed by atoms with Crippen LogP contribution in [0.15, 0.2) is 24.4 Å². The van der Waals surface area contributed by atoms with Gasteiger partial charge in [0.2, 0.25) is 0 Å². The zero-order valence-electron chi connectivity index (χ0n) is 16.2. The highest BCUT2D eigenvalue weighted by atomic mass is 35.5. The van der Waals surface area contributed by atoms with Crippen molar-refractivity contribution in [2.24, 2.45) is 11.8 Å². The lowest BCUT2D eigenvalue weighted by Gasteiger charge is -2.34. The van der Waals surface area contributed by atoms with Crippen molar-refractivity contribution < 1.29 is 14.3 Å². The molecule has 1 aromatic carbocycles. The molecule has 5 nitrogen and oxygen atoms in total. The van der Waals surface area contributed by atoms with Gasteiger partial charge in [-0.3, -0.25) is 9.78 Å². The molecule has 6 heteroatoms. The smallest absolute Gasteiger partial charge is 0.163 e. The maximum Gasteiger partial charge on any atom is 0.163 e. The molecular weight excluding hydrogens is 364 g/mol. The van der Waals surface area contributed by atoms with Crippen LogP contribution >= 0.6 is 11.8 Å². The van der Waals surface area contributed by atoms with E-state index in [9.17, 15) is 4.79 Å². The maximum atomic E-state index is 13.0. The summed E-state index contributed by atoms with van der Waals surface area (Å²) in [5.41, 5.74) is 1.37. The van der Waals surface area contributed by atoms with Crippen LogP contribution in [0.4, 0.5) is 0 Å². The number of pyridine rings is 1. The number of ketones is 1. The summed E-state index contributed by atoms with van der Waals surface area (Å²) in [4.78, 5) is 17.4. The Kier molecular flexibility index (Phi) is 6.55. The number of ether oxygens (including phenoxy) is 2. The highest BCUT2D eigenvalue weighted by molar-refractivity contribution is 6.13. The molecule has 0 radical (unpaired) electrons. The predicted octanol–water partition coefficient (Wildman–Crippen LogP) is 4.72. The van der Waals surface area contributed by atoms with Gasteiger partial charge in [-0.1, -0.05) is 13.3 Å². The van der Waals surface area contributed by atoms with E-state index in [4.69, 9.17) is 21.3 Å². The molecule has 1 aliphatic heterocycles. The van der Waals surface area contributed by atoms with E-state index in [1.54, 1.807) is 32.5 Å². The van der Waals surface area contributed by atoms with Gasteiger partial charge in [-0.05, 0) is 48.6 Å². The summed E-state index contributed by atoms with van der Waals surface area (Å²) in [5.74, 6) is 2.51. The number of nitrogens with zero attached hydrogens (tertiary/aromatic N) is 2. The molecule has 1 unspecified atom stereocenters. The van der Waals surface area contributed by atoms with Crippen LogP contribution in [0.25, 0.3) is 10.9 Å². The third-order valence-corrected chi connectivity index (χ3v) is 5.95. The second-order valence-electron chi connectivity index (χ2n) is 7.13. The van der Waals surface area contributed by atoms with E-state index < -0.39 is 0 Å². The standard InChI is InChI=1S/C21H27ClN2O3/c1-4-14-13-24(22)10-8-15(14)5-6-19(25)17-7-9-23-21-18(17)11-16(26-2)12-20(21)27-3/h7,9,11-12,14-15H,4-6,8,10,13H2,1-3H3/t14-,15?/m0/s1. The molecule has 2 heterocycles. The molecule has 1 aliphatic rings. The summed E-state index contributed by atoms with van der Waals surface area (Å²) in [6, 6.07) is 5.44. The topological polar surface area (TPSA) is 51.7 Å². The first-order chi connectivity index (χ1) is 13.1. The molecule has 146 valence electrons. The third-order valence-electron chi connectivity index (χ3n) is 5.65. The van der Waals surface area contributed by atoms with Gasteiger partial charge in [0.15, 0.2) is 5.78 Å². The number of halogens is 1. The van der Waals surface area contributed by atoms with Crippen LogP contribution in [-0.2, 0) is 0 Å². The molecule has 1 saturated heterocycles. The monoisotopic (exact) mass is 390 g/mol. The van der Waals surface area contributed by atoms with Gasteiger partial charge in [-0.2, -0.15) is 0 Å². The first-order valence-corrected chi connectivity index (χ1v) is 9.85. The Morgan fingerprint density at radius 1 is 1.30 bits per heavy atom. The molecule has 2 aromatic rings. The minimum Gasteiger partial charge on any atom is -0.497 e. The fourth-order valence-electron chi connectivity index (χ4n) is 4.04. The zero-order valence-corrected chi connectivity index (χ0v) is 17.0. The molecule has 0 saturated carbocycles. The second kappa shape index (κ2) is 8.89. The van der Waals surface area contributed by atoms with E-state index in [0.717, 1.165) is 37.7 Å². The number of aromatic nitrogens is 1. The summed E-state index contributed by atoms with van der Waals surface area (Å²) < 4.78 is 12.7. The number of hydrogen-bond donors (Lipinski definition) is 0. The Morgan fingerprint density at radius 3 is 2.81 bits per heavy atom. The van der Waals surface area contributed by atoms with Crippen molar-refractivity contribution in [3.63, 3.8) is 0 Å². The van der Waals surface area contributed by atoms with Gasteiger partial charge in [0.1, 0.15) is 17.0 Å². The minimum absolute atomic E-state index is 0.140. The molecule has 3 rings (SSSR count). The SMILES string of the molecule is CC[C@H]1CN(Cl)CCC1CCC(=O)c1ccnc2c(OC)cc(OC)cc12. The van der Waals surface area contributed by atoms with Crippen LogP contribution in [0.1, 0.15) is 43.0 Å². The van der Waals surface area contributed by atoms with Crippen LogP contribution in [0.3, 0.4) is 0 Å². The quantitative estimate of drug-likeness (QED) is 0.506. The zero-order chi connectivity index (χ0) is 19.4. The van der Waals surface area contributed by atoms with E-state index in [-0.39, 0.29) is 5.78 Å². The molecule has 0 N–H and O–H groups in total. The molecule has 0 spiro atoms. The van der Waals surface area contributed by atoms with Crippen LogP contribution in [0, 0.1) is 11.8 Å². The van der Waals surface area contributed by atoms with Crippen molar-refractivity contribution in [3.05, 3.63) is 30.0 Å². The Hall–Kier alpha value is -1.85. The van der Waals surface area contributed by atoms with Gasteiger partial charge in [-0.25, -0.2) is 4.42 Å².